The molecule has 12 nitrogen and oxygen atoms in total. The molecule has 0 heterocycles. The molecule has 208 valence electrons. The van der Waals surface area contributed by atoms with Crippen LogP contribution in [0.2, 0.25) is 0 Å². The molecule has 2 aromatic rings. The van der Waals surface area contributed by atoms with Gasteiger partial charge in [-0.15, -0.1) is 0 Å². The standard InChI is InChI=1S/C27H31N3O9/c1-17(2)11-22(26(37)29-19(16-31)13-24(33)34)27(38)30(15-25(35)36)14-23(32)28-18-7-6-10-21(12-18)39-20-8-4-3-5-9-20/h3-10,12,16-17,19,22H,11,13-15H2,1-2H3,(H,28,32)(H,29,37)(H,33,34)(H,35,36). The second-order valence-corrected chi connectivity index (χ2v) is 9.11. The highest BCUT2D eigenvalue weighted by molar-refractivity contribution is 6.04. The van der Waals surface area contributed by atoms with Gasteiger partial charge in [-0.2, -0.15) is 0 Å². The van der Waals surface area contributed by atoms with Crippen molar-refractivity contribution in [3.8, 4) is 11.5 Å². The molecule has 0 radical (unpaired) electrons. The maximum absolute atomic E-state index is 13.3. The van der Waals surface area contributed by atoms with Crippen LogP contribution in [-0.4, -0.2) is 70.2 Å². The van der Waals surface area contributed by atoms with Gasteiger partial charge in [-0.05, 0) is 36.6 Å². The summed E-state index contributed by atoms with van der Waals surface area (Å²) in [6.45, 7) is 1.90. The van der Waals surface area contributed by atoms with Crippen LogP contribution in [0, 0.1) is 11.8 Å². The van der Waals surface area contributed by atoms with Crippen molar-refractivity contribution in [3.63, 3.8) is 0 Å². The lowest BCUT2D eigenvalue weighted by atomic mass is 9.94. The number of rotatable bonds is 15. The zero-order valence-corrected chi connectivity index (χ0v) is 21.5. The molecule has 0 aliphatic rings. The molecule has 0 aromatic heterocycles. The first kappa shape index (κ1) is 30.5. The normalized spacial score (nSPS) is 12.1. The molecule has 3 amide bonds. The molecular formula is C27H31N3O9. The first-order valence-electron chi connectivity index (χ1n) is 12.1. The maximum Gasteiger partial charge on any atom is 0.323 e. The third kappa shape index (κ3) is 10.6. The summed E-state index contributed by atoms with van der Waals surface area (Å²) in [7, 11) is 0. The van der Waals surface area contributed by atoms with Crippen LogP contribution in [0.5, 0.6) is 11.5 Å². The lowest BCUT2D eigenvalue weighted by Gasteiger charge is -2.27. The summed E-state index contributed by atoms with van der Waals surface area (Å²) in [5.41, 5.74) is 0.329. The fourth-order valence-corrected chi connectivity index (χ4v) is 3.63. The van der Waals surface area contributed by atoms with Crippen molar-refractivity contribution in [1.29, 1.82) is 0 Å². The van der Waals surface area contributed by atoms with Crippen molar-refractivity contribution in [1.82, 2.24) is 10.2 Å². The van der Waals surface area contributed by atoms with E-state index < -0.39 is 61.1 Å². The number of aldehydes is 1. The van der Waals surface area contributed by atoms with Gasteiger partial charge < -0.3 is 35.3 Å². The number of ether oxygens (including phenoxy) is 1. The van der Waals surface area contributed by atoms with Gasteiger partial charge in [-0.3, -0.25) is 24.0 Å². The summed E-state index contributed by atoms with van der Waals surface area (Å²) in [6.07, 6.45) is -0.479. The highest BCUT2D eigenvalue weighted by atomic mass is 16.5. The molecule has 0 aliphatic carbocycles. The molecular weight excluding hydrogens is 510 g/mol. The highest BCUT2D eigenvalue weighted by Gasteiger charge is 2.34. The minimum atomic E-state index is -1.45. The smallest absolute Gasteiger partial charge is 0.323 e. The predicted octanol–water partition coefficient (Wildman–Crippen LogP) is 2.15. The third-order valence-electron chi connectivity index (χ3n) is 5.28. The molecule has 12 heteroatoms. The van der Waals surface area contributed by atoms with Crippen molar-refractivity contribution in [2.45, 2.75) is 32.7 Å². The summed E-state index contributed by atoms with van der Waals surface area (Å²) in [6, 6.07) is 14.0. The lowest BCUT2D eigenvalue weighted by Crippen LogP contribution is -2.50. The van der Waals surface area contributed by atoms with Gasteiger partial charge in [0, 0.05) is 11.8 Å². The molecule has 2 unspecified atom stereocenters. The van der Waals surface area contributed by atoms with E-state index in [2.05, 4.69) is 10.6 Å². The number of nitrogens with zero attached hydrogens (tertiary/aromatic N) is 1. The number of carbonyl (C=O) groups excluding carboxylic acids is 4. The third-order valence-corrected chi connectivity index (χ3v) is 5.28. The fraction of sp³-hybridized carbons (Fsp3) is 0.333. The topological polar surface area (TPSA) is 179 Å². The van der Waals surface area contributed by atoms with Gasteiger partial charge in [0.1, 0.15) is 36.8 Å². The van der Waals surface area contributed by atoms with E-state index in [9.17, 15) is 33.9 Å². The first-order chi connectivity index (χ1) is 18.5. The molecule has 2 aromatic carbocycles. The molecule has 0 saturated carbocycles. The average molecular weight is 542 g/mol. The minimum Gasteiger partial charge on any atom is -0.481 e. The second-order valence-electron chi connectivity index (χ2n) is 9.11. The van der Waals surface area contributed by atoms with Crippen LogP contribution in [0.1, 0.15) is 26.7 Å². The summed E-state index contributed by atoms with van der Waals surface area (Å²) in [5, 5.41) is 23.1. The van der Waals surface area contributed by atoms with Crippen LogP contribution in [0.15, 0.2) is 54.6 Å². The Labute approximate surface area is 224 Å². The maximum atomic E-state index is 13.3. The number of carboxylic acid groups (broad SMARTS) is 2. The Bertz CT molecular complexity index is 1180. The van der Waals surface area contributed by atoms with Crippen LogP contribution in [0.3, 0.4) is 0 Å². The number of para-hydroxylation sites is 1. The summed E-state index contributed by atoms with van der Waals surface area (Å²) >= 11 is 0. The number of aliphatic carboxylic acids is 2. The van der Waals surface area contributed by atoms with E-state index in [4.69, 9.17) is 9.84 Å². The first-order valence-corrected chi connectivity index (χ1v) is 12.1. The van der Waals surface area contributed by atoms with Crippen molar-refractivity contribution in [2.24, 2.45) is 11.8 Å². The summed E-state index contributed by atoms with van der Waals surface area (Å²) < 4.78 is 5.73. The number of hydrogen-bond donors (Lipinski definition) is 4. The van der Waals surface area contributed by atoms with E-state index >= 15 is 0 Å². The summed E-state index contributed by atoms with van der Waals surface area (Å²) in [5.74, 6) is -5.99. The van der Waals surface area contributed by atoms with Crippen LogP contribution in [-0.2, 0) is 28.8 Å². The van der Waals surface area contributed by atoms with E-state index in [0.717, 1.165) is 4.90 Å². The predicted molar refractivity (Wildman–Crippen MR) is 139 cm³/mol. The highest BCUT2D eigenvalue weighted by Crippen LogP contribution is 2.24. The number of amides is 3. The van der Waals surface area contributed by atoms with Gasteiger partial charge in [-0.25, -0.2) is 0 Å². The zero-order valence-electron chi connectivity index (χ0n) is 21.5. The van der Waals surface area contributed by atoms with Crippen LogP contribution >= 0.6 is 0 Å². The Morgan fingerprint density at radius 1 is 0.923 bits per heavy atom. The van der Waals surface area contributed by atoms with E-state index in [-0.39, 0.29) is 18.6 Å². The molecule has 0 saturated heterocycles. The Kier molecular flexibility index (Phi) is 11.6. The fourth-order valence-electron chi connectivity index (χ4n) is 3.63. The number of nitrogens with one attached hydrogen (secondary N) is 2. The van der Waals surface area contributed by atoms with Crippen molar-refractivity contribution >= 4 is 41.6 Å². The lowest BCUT2D eigenvalue weighted by molar-refractivity contribution is -0.151. The number of carbonyl (C=O) groups is 6. The molecule has 0 aliphatic heterocycles. The summed E-state index contributed by atoms with van der Waals surface area (Å²) in [4.78, 5) is 73.3. The number of anilines is 1. The van der Waals surface area contributed by atoms with E-state index in [1.807, 2.05) is 6.07 Å². The quantitative estimate of drug-likeness (QED) is 0.194. The molecule has 2 atom stereocenters. The van der Waals surface area contributed by atoms with Gasteiger partial charge >= 0.3 is 11.9 Å². The molecule has 4 N–H and O–H groups in total. The van der Waals surface area contributed by atoms with Crippen molar-refractivity contribution in [2.75, 3.05) is 18.4 Å². The zero-order chi connectivity index (χ0) is 28.9. The van der Waals surface area contributed by atoms with Gasteiger partial charge in [0.25, 0.3) is 0 Å². The molecule has 0 bridgehead atoms. The number of benzene rings is 2. The van der Waals surface area contributed by atoms with Crippen molar-refractivity contribution in [3.05, 3.63) is 54.6 Å². The van der Waals surface area contributed by atoms with Gasteiger partial charge in [0.15, 0.2) is 0 Å². The van der Waals surface area contributed by atoms with Crippen molar-refractivity contribution < 1.29 is 43.7 Å². The largest absolute Gasteiger partial charge is 0.481 e. The van der Waals surface area contributed by atoms with E-state index in [1.165, 1.54) is 0 Å². The molecule has 0 fully saturated rings. The molecule has 39 heavy (non-hydrogen) atoms. The van der Waals surface area contributed by atoms with Crippen LogP contribution < -0.4 is 15.4 Å². The number of hydrogen-bond acceptors (Lipinski definition) is 7. The SMILES string of the molecule is CC(C)CC(C(=O)NC(C=O)CC(=O)O)C(=O)N(CC(=O)O)CC(=O)Nc1cccc(Oc2ccccc2)c1. The van der Waals surface area contributed by atoms with Crippen LogP contribution in [0.25, 0.3) is 0 Å². The van der Waals surface area contributed by atoms with Gasteiger partial charge in [0.05, 0.1) is 12.5 Å². The van der Waals surface area contributed by atoms with Crippen LogP contribution in [0.4, 0.5) is 5.69 Å². The Balaban J connectivity index is 2.17. The monoisotopic (exact) mass is 541 g/mol. The molecule has 2 rings (SSSR count). The van der Waals surface area contributed by atoms with E-state index in [0.29, 0.717) is 17.2 Å². The Hall–Kier alpha value is -4.74. The van der Waals surface area contributed by atoms with E-state index in [1.54, 1.807) is 62.4 Å². The van der Waals surface area contributed by atoms with Gasteiger partial charge in [0.2, 0.25) is 17.7 Å². The minimum absolute atomic E-state index is 0.0279. The molecule has 0 spiro atoms. The Morgan fingerprint density at radius 2 is 1.59 bits per heavy atom. The average Bonchev–Trinajstić information content (AvgIpc) is 2.86. The second kappa shape index (κ2) is 14.9. The Morgan fingerprint density at radius 3 is 2.18 bits per heavy atom. The number of carboxylic acids is 2. The van der Waals surface area contributed by atoms with Gasteiger partial charge in [-0.1, -0.05) is 38.1 Å².